The summed E-state index contributed by atoms with van der Waals surface area (Å²) in [5.41, 5.74) is 1.93. The minimum absolute atomic E-state index is 0.0176. The van der Waals surface area contributed by atoms with Crippen molar-refractivity contribution < 1.29 is 8.42 Å². The molecule has 34 heavy (non-hydrogen) atoms. The van der Waals surface area contributed by atoms with E-state index in [1.807, 2.05) is 24.3 Å². The number of hydrogen-bond acceptors (Lipinski definition) is 8. The van der Waals surface area contributed by atoms with Gasteiger partial charge in [0.1, 0.15) is 11.6 Å². The average Bonchev–Trinajstić information content (AvgIpc) is 3.58. The number of aromatic nitrogens is 4. The van der Waals surface area contributed by atoms with Crippen LogP contribution in [-0.2, 0) is 23.6 Å². The van der Waals surface area contributed by atoms with Gasteiger partial charge in [0.2, 0.25) is 0 Å². The van der Waals surface area contributed by atoms with Gasteiger partial charge in [0.15, 0.2) is 0 Å². The molecule has 3 heterocycles. The van der Waals surface area contributed by atoms with Gasteiger partial charge in [-0.2, -0.15) is 5.26 Å². The molecule has 1 saturated carbocycles. The third-order valence-corrected chi connectivity index (χ3v) is 8.90. The summed E-state index contributed by atoms with van der Waals surface area (Å²) >= 11 is 0. The Balaban J connectivity index is 1.43. The molecule has 11 heteroatoms. The first kappa shape index (κ1) is 22.6. The molecule has 2 fully saturated rings. The quantitative estimate of drug-likeness (QED) is 0.537. The summed E-state index contributed by atoms with van der Waals surface area (Å²) in [6.45, 7) is 5.90. The second-order valence-corrected chi connectivity index (χ2v) is 11.4. The van der Waals surface area contributed by atoms with E-state index in [1.165, 1.54) is 10.8 Å². The van der Waals surface area contributed by atoms with Gasteiger partial charge < -0.3 is 9.47 Å². The number of pyridine rings is 1. The van der Waals surface area contributed by atoms with Crippen molar-refractivity contribution in [3.05, 3.63) is 52.1 Å². The maximum Gasteiger partial charge on any atom is 0.270 e. The van der Waals surface area contributed by atoms with E-state index in [0.29, 0.717) is 43.9 Å². The van der Waals surface area contributed by atoms with E-state index in [9.17, 15) is 18.5 Å². The third kappa shape index (κ3) is 3.67. The van der Waals surface area contributed by atoms with Gasteiger partial charge in [-0.15, -0.1) is 9.19 Å². The van der Waals surface area contributed by atoms with Gasteiger partial charge in [0, 0.05) is 44.2 Å². The normalized spacial score (nSPS) is 21.6. The van der Waals surface area contributed by atoms with Crippen LogP contribution < -0.4 is 10.5 Å². The van der Waals surface area contributed by atoms with Crippen molar-refractivity contribution in [3.8, 4) is 6.07 Å². The Labute approximate surface area is 198 Å². The first-order chi connectivity index (χ1) is 16.2. The molecule has 0 radical (unpaired) electrons. The average molecular weight is 482 g/mol. The smallest absolute Gasteiger partial charge is 0.270 e. The molecule has 10 nitrogen and oxygen atoms in total. The Morgan fingerprint density at radius 3 is 2.59 bits per heavy atom. The maximum absolute atomic E-state index is 12.9. The monoisotopic (exact) mass is 481 g/mol. The fourth-order valence-corrected chi connectivity index (χ4v) is 6.26. The molecule has 0 spiro atoms. The van der Waals surface area contributed by atoms with Crippen LogP contribution in [0.2, 0.25) is 0 Å². The molecule has 2 aliphatic rings. The summed E-state index contributed by atoms with van der Waals surface area (Å²) in [4.78, 5) is 17.3. The van der Waals surface area contributed by atoms with Gasteiger partial charge in [-0.05, 0) is 32.8 Å². The van der Waals surface area contributed by atoms with Crippen LogP contribution in [0.25, 0.3) is 10.9 Å². The van der Waals surface area contributed by atoms with Gasteiger partial charge in [-0.3, -0.25) is 9.69 Å². The lowest BCUT2D eigenvalue weighted by Gasteiger charge is -2.45. The Morgan fingerprint density at radius 1 is 1.15 bits per heavy atom. The number of hydrogen-bond donors (Lipinski definition) is 0. The molecule has 1 aromatic carbocycles. The Hall–Kier alpha value is -3.23. The minimum Gasteiger partial charge on any atom is -0.364 e. The lowest BCUT2D eigenvalue weighted by Crippen LogP contribution is -2.56. The van der Waals surface area contributed by atoms with Crippen LogP contribution in [0.5, 0.6) is 0 Å². The first-order valence-electron chi connectivity index (χ1n) is 11.4. The number of nitriles is 1. The molecule has 5 rings (SSSR count). The number of piperazine rings is 1. The van der Waals surface area contributed by atoms with Crippen molar-refractivity contribution >= 4 is 26.6 Å². The minimum atomic E-state index is -3.44. The van der Waals surface area contributed by atoms with Crippen LogP contribution in [0.4, 0.5) is 5.69 Å². The molecule has 0 bridgehead atoms. The second kappa shape index (κ2) is 8.21. The molecule has 2 aromatic heterocycles. The number of fused-ring (bicyclic) bond motifs is 1. The zero-order valence-corrected chi connectivity index (χ0v) is 20.2. The molecule has 0 amide bonds. The topological polar surface area (TPSA) is 117 Å². The lowest BCUT2D eigenvalue weighted by atomic mass is 10.0. The van der Waals surface area contributed by atoms with Crippen LogP contribution in [0.15, 0.2) is 35.3 Å². The highest BCUT2D eigenvalue weighted by Gasteiger charge is 2.38. The molecule has 1 aliphatic carbocycles. The molecule has 1 saturated heterocycles. The molecular formula is C23H27N7O3S. The van der Waals surface area contributed by atoms with Crippen molar-refractivity contribution in [3.63, 3.8) is 0 Å². The summed E-state index contributed by atoms with van der Waals surface area (Å²) < 4.78 is 27.4. The fourth-order valence-electron chi connectivity index (χ4n) is 4.81. The van der Waals surface area contributed by atoms with E-state index in [2.05, 4.69) is 40.0 Å². The summed E-state index contributed by atoms with van der Waals surface area (Å²) in [6.07, 6.45) is 2.87. The number of rotatable bonds is 5. The molecule has 2 atom stereocenters. The number of anilines is 1. The van der Waals surface area contributed by atoms with Gasteiger partial charge >= 0.3 is 0 Å². The van der Waals surface area contributed by atoms with E-state index >= 15 is 0 Å². The van der Waals surface area contributed by atoms with Crippen LogP contribution in [-0.4, -0.2) is 62.7 Å². The lowest BCUT2D eigenvalue weighted by molar-refractivity contribution is 0.156. The van der Waals surface area contributed by atoms with Gasteiger partial charge in [0.05, 0.1) is 28.3 Å². The van der Waals surface area contributed by atoms with E-state index in [1.54, 1.807) is 7.05 Å². The Morgan fingerprint density at radius 2 is 1.88 bits per heavy atom. The number of para-hydroxylation sites is 1. The first-order valence-corrected chi connectivity index (χ1v) is 12.9. The van der Waals surface area contributed by atoms with E-state index in [4.69, 9.17) is 0 Å². The molecule has 1 aliphatic heterocycles. The van der Waals surface area contributed by atoms with Crippen LogP contribution in [0.1, 0.15) is 37.9 Å². The Kier molecular flexibility index (Phi) is 5.45. The van der Waals surface area contributed by atoms with Crippen LogP contribution in [0.3, 0.4) is 0 Å². The van der Waals surface area contributed by atoms with Gasteiger partial charge in [0.25, 0.3) is 15.6 Å². The van der Waals surface area contributed by atoms with E-state index < -0.39 is 10.0 Å². The SMILES string of the molecule is C[C@@H]1CN(c2c(C#N)c(=O)n(C)c3ccccc23)[C@@H](C)CN1Cc1cn(S(=O)(=O)C2CC2)nn1. The number of aryl methyl sites for hydroxylation is 1. The predicted molar refractivity (Wildman–Crippen MR) is 128 cm³/mol. The summed E-state index contributed by atoms with van der Waals surface area (Å²) in [5, 5.41) is 18.4. The molecule has 178 valence electrons. The number of benzene rings is 1. The standard InChI is InChI=1S/C23H27N7O3S/c1-15-12-29(22-19-6-4-5-7-21(19)27(3)23(31)20(22)10-24)16(2)11-28(15)13-17-14-30(26-25-17)34(32,33)18-8-9-18/h4-7,14-16,18H,8-9,11-13H2,1-3H3/t15-,16+/m1/s1. The van der Waals surface area contributed by atoms with E-state index in [-0.39, 0.29) is 28.5 Å². The van der Waals surface area contributed by atoms with Gasteiger partial charge in [-0.25, -0.2) is 8.42 Å². The van der Waals surface area contributed by atoms with Crippen molar-refractivity contribution in [2.45, 2.75) is 50.6 Å². The highest BCUT2D eigenvalue weighted by molar-refractivity contribution is 7.90. The van der Waals surface area contributed by atoms with Crippen molar-refractivity contribution in [2.75, 3.05) is 18.0 Å². The fraction of sp³-hybridized carbons (Fsp3) is 0.478. The van der Waals surface area contributed by atoms with Crippen molar-refractivity contribution in [1.82, 2.24) is 23.9 Å². The van der Waals surface area contributed by atoms with Crippen molar-refractivity contribution in [1.29, 1.82) is 5.26 Å². The summed E-state index contributed by atoms with van der Waals surface area (Å²) in [5.74, 6) is 0. The predicted octanol–water partition coefficient (Wildman–Crippen LogP) is 1.44. The molecule has 0 N–H and O–H groups in total. The largest absolute Gasteiger partial charge is 0.364 e. The highest BCUT2D eigenvalue weighted by atomic mass is 32.2. The zero-order valence-electron chi connectivity index (χ0n) is 19.4. The maximum atomic E-state index is 12.9. The van der Waals surface area contributed by atoms with E-state index in [0.717, 1.165) is 15.0 Å². The number of nitrogens with zero attached hydrogens (tertiary/aromatic N) is 7. The zero-order chi connectivity index (χ0) is 24.2. The molecular weight excluding hydrogens is 454 g/mol. The second-order valence-electron chi connectivity index (χ2n) is 9.32. The summed E-state index contributed by atoms with van der Waals surface area (Å²) in [6, 6.07) is 9.89. The summed E-state index contributed by atoms with van der Waals surface area (Å²) in [7, 11) is -1.75. The highest BCUT2D eigenvalue weighted by Crippen LogP contribution is 2.33. The molecule has 0 unspecified atom stereocenters. The van der Waals surface area contributed by atoms with Crippen molar-refractivity contribution in [2.24, 2.45) is 7.05 Å². The third-order valence-electron chi connectivity index (χ3n) is 6.88. The molecule has 3 aromatic rings. The van der Waals surface area contributed by atoms with Crippen LogP contribution >= 0.6 is 0 Å². The van der Waals surface area contributed by atoms with Crippen LogP contribution in [0, 0.1) is 11.3 Å². The van der Waals surface area contributed by atoms with Gasteiger partial charge in [-0.1, -0.05) is 23.4 Å². The Bertz CT molecular complexity index is 1470.